The summed E-state index contributed by atoms with van der Waals surface area (Å²) in [6.45, 7) is 0.865. The highest BCUT2D eigenvalue weighted by atomic mass is 79.9. The van der Waals surface area contributed by atoms with Gasteiger partial charge in [0.25, 0.3) is 0 Å². The van der Waals surface area contributed by atoms with E-state index >= 15 is 0 Å². The van der Waals surface area contributed by atoms with Gasteiger partial charge in [0.05, 0.1) is 4.90 Å². The number of benzene rings is 1. The van der Waals surface area contributed by atoms with Crippen LogP contribution >= 0.6 is 15.9 Å². The summed E-state index contributed by atoms with van der Waals surface area (Å²) in [6, 6.07) is 9.13. The second-order valence-electron chi connectivity index (χ2n) is 4.34. The van der Waals surface area contributed by atoms with Crippen molar-refractivity contribution in [1.82, 2.24) is 15.0 Å². The van der Waals surface area contributed by atoms with Crippen molar-refractivity contribution < 1.29 is 8.42 Å². The van der Waals surface area contributed by atoms with Crippen LogP contribution in [-0.4, -0.2) is 20.4 Å². The first-order valence-electron chi connectivity index (χ1n) is 6.07. The summed E-state index contributed by atoms with van der Waals surface area (Å²) in [5.74, 6) is 0. The fourth-order valence-corrected chi connectivity index (χ4v) is 3.03. The topological polar surface area (TPSA) is 74.0 Å². The molecule has 0 fully saturated rings. The molecule has 0 atom stereocenters. The molecule has 2 aromatic rings. The third kappa shape index (κ3) is 3.92. The summed E-state index contributed by atoms with van der Waals surface area (Å²) >= 11 is 3.34. The van der Waals surface area contributed by atoms with E-state index in [1.165, 1.54) is 6.20 Å². The number of rotatable bonds is 6. The van der Waals surface area contributed by atoms with Gasteiger partial charge in [-0.2, -0.15) is 0 Å². The SMILES string of the molecule is CNCc1cc(S(=O)(=O)NCc2ccc(Br)cc2)c[nH]1. The van der Waals surface area contributed by atoms with Gasteiger partial charge in [0.2, 0.25) is 10.0 Å². The van der Waals surface area contributed by atoms with Crippen LogP contribution in [0.3, 0.4) is 0 Å². The van der Waals surface area contributed by atoms with E-state index in [-0.39, 0.29) is 11.4 Å². The average Bonchev–Trinajstić information content (AvgIpc) is 2.88. The standard InChI is InChI=1S/C13H16BrN3O2S/c1-15-8-12-6-13(9-16-12)20(18,19)17-7-10-2-4-11(14)5-3-10/h2-6,9,15-17H,7-8H2,1H3. The lowest BCUT2D eigenvalue weighted by molar-refractivity contribution is 0.581. The largest absolute Gasteiger partial charge is 0.363 e. The molecule has 0 unspecified atom stereocenters. The van der Waals surface area contributed by atoms with Gasteiger partial charge in [-0.15, -0.1) is 0 Å². The van der Waals surface area contributed by atoms with Crippen LogP contribution in [0.4, 0.5) is 0 Å². The van der Waals surface area contributed by atoms with Crippen LogP contribution in [0.1, 0.15) is 11.3 Å². The monoisotopic (exact) mass is 357 g/mol. The van der Waals surface area contributed by atoms with E-state index in [9.17, 15) is 8.42 Å². The van der Waals surface area contributed by atoms with E-state index in [1.807, 2.05) is 24.3 Å². The minimum absolute atomic E-state index is 0.250. The average molecular weight is 358 g/mol. The van der Waals surface area contributed by atoms with Crippen molar-refractivity contribution in [2.75, 3.05) is 7.05 Å². The Morgan fingerprint density at radius 2 is 1.90 bits per heavy atom. The zero-order chi connectivity index (χ0) is 14.6. The molecule has 0 aliphatic rings. The molecule has 0 saturated heterocycles. The fourth-order valence-electron chi connectivity index (χ4n) is 1.73. The molecular formula is C13H16BrN3O2S. The molecular weight excluding hydrogens is 342 g/mol. The van der Waals surface area contributed by atoms with Crippen LogP contribution in [0.2, 0.25) is 0 Å². The maximum atomic E-state index is 12.1. The van der Waals surface area contributed by atoms with E-state index in [2.05, 4.69) is 31.0 Å². The lowest BCUT2D eigenvalue weighted by Crippen LogP contribution is -2.22. The van der Waals surface area contributed by atoms with Crippen LogP contribution in [0.5, 0.6) is 0 Å². The minimum Gasteiger partial charge on any atom is -0.363 e. The van der Waals surface area contributed by atoms with Gasteiger partial charge < -0.3 is 10.3 Å². The predicted octanol–water partition coefficient (Wildman–Crippen LogP) is 1.98. The van der Waals surface area contributed by atoms with Gasteiger partial charge in [-0.05, 0) is 30.8 Å². The molecule has 0 bridgehead atoms. The zero-order valence-corrected chi connectivity index (χ0v) is 13.4. The maximum Gasteiger partial charge on any atom is 0.242 e. The summed E-state index contributed by atoms with van der Waals surface area (Å²) < 4.78 is 27.8. The molecule has 1 heterocycles. The molecule has 7 heteroatoms. The molecule has 0 saturated carbocycles. The molecule has 2 rings (SSSR count). The Morgan fingerprint density at radius 3 is 2.55 bits per heavy atom. The van der Waals surface area contributed by atoms with Crippen molar-refractivity contribution in [3.05, 3.63) is 52.3 Å². The van der Waals surface area contributed by atoms with E-state index in [0.29, 0.717) is 6.54 Å². The second kappa shape index (κ2) is 6.53. The lowest BCUT2D eigenvalue weighted by Gasteiger charge is -2.05. The summed E-state index contributed by atoms with van der Waals surface area (Å²) in [5.41, 5.74) is 1.74. The molecule has 3 N–H and O–H groups in total. The molecule has 0 aliphatic carbocycles. The molecule has 0 amide bonds. The van der Waals surface area contributed by atoms with Gasteiger partial charge in [0.15, 0.2) is 0 Å². The Labute approximate surface area is 127 Å². The highest BCUT2D eigenvalue weighted by Gasteiger charge is 2.15. The van der Waals surface area contributed by atoms with Gasteiger partial charge in [0.1, 0.15) is 0 Å². The smallest absolute Gasteiger partial charge is 0.242 e. The molecule has 0 spiro atoms. The molecule has 1 aromatic heterocycles. The van der Waals surface area contributed by atoms with Gasteiger partial charge in [-0.25, -0.2) is 13.1 Å². The van der Waals surface area contributed by atoms with E-state index < -0.39 is 10.0 Å². The van der Waals surface area contributed by atoms with Crippen LogP contribution in [0, 0.1) is 0 Å². The third-order valence-corrected chi connectivity index (χ3v) is 4.68. The number of aromatic amines is 1. The van der Waals surface area contributed by atoms with Crippen LogP contribution in [0.25, 0.3) is 0 Å². The number of halogens is 1. The van der Waals surface area contributed by atoms with Crippen LogP contribution < -0.4 is 10.0 Å². The van der Waals surface area contributed by atoms with Crippen molar-refractivity contribution in [2.45, 2.75) is 18.0 Å². The molecule has 0 aliphatic heterocycles. The molecule has 108 valence electrons. The van der Waals surface area contributed by atoms with Gasteiger partial charge in [-0.3, -0.25) is 0 Å². The first-order chi connectivity index (χ1) is 9.51. The van der Waals surface area contributed by atoms with E-state index in [1.54, 1.807) is 13.1 Å². The Bertz CT molecular complexity index is 665. The van der Waals surface area contributed by atoms with Gasteiger partial charge in [-0.1, -0.05) is 28.1 Å². The Morgan fingerprint density at radius 1 is 1.20 bits per heavy atom. The van der Waals surface area contributed by atoms with Crippen molar-refractivity contribution in [2.24, 2.45) is 0 Å². The molecule has 1 aromatic carbocycles. The molecule has 5 nitrogen and oxygen atoms in total. The molecule has 0 radical (unpaired) electrons. The zero-order valence-electron chi connectivity index (χ0n) is 11.0. The fraction of sp³-hybridized carbons (Fsp3) is 0.231. The van der Waals surface area contributed by atoms with Crippen molar-refractivity contribution >= 4 is 26.0 Å². The first-order valence-corrected chi connectivity index (χ1v) is 8.35. The maximum absolute atomic E-state index is 12.1. The molecule has 20 heavy (non-hydrogen) atoms. The van der Waals surface area contributed by atoms with Crippen LogP contribution in [-0.2, 0) is 23.1 Å². The quantitative estimate of drug-likeness (QED) is 0.739. The van der Waals surface area contributed by atoms with Crippen molar-refractivity contribution in [1.29, 1.82) is 0 Å². The Hall–Kier alpha value is -1.15. The first kappa shape index (κ1) is 15.2. The highest BCUT2D eigenvalue weighted by molar-refractivity contribution is 9.10. The number of nitrogens with one attached hydrogen (secondary N) is 3. The van der Waals surface area contributed by atoms with E-state index in [4.69, 9.17) is 0 Å². The predicted molar refractivity (Wildman–Crippen MR) is 81.7 cm³/mol. The minimum atomic E-state index is -3.49. The summed E-state index contributed by atoms with van der Waals surface area (Å²) in [6.07, 6.45) is 1.50. The van der Waals surface area contributed by atoms with Crippen molar-refractivity contribution in [3.8, 4) is 0 Å². The van der Waals surface area contributed by atoms with E-state index in [0.717, 1.165) is 15.7 Å². The summed E-state index contributed by atoms with van der Waals surface area (Å²) in [7, 11) is -1.68. The van der Waals surface area contributed by atoms with Crippen LogP contribution in [0.15, 0.2) is 45.9 Å². The number of H-pyrrole nitrogens is 1. The highest BCUT2D eigenvalue weighted by Crippen LogP contribution is 2.13. The number of hydrogen-bond donors (Lipinski definition) is 3. The number of hydrogen-bond acceptors (Lipinski definition) is 3. The number of aromatic nitrogens is 1. The second-order valence-corrected chi connectivity index (χ2v) is 7.02. The lowest BCUT2D eigenvalue weighted by atomic mass is 10.2. The third-order valence-electron chi connectivity index (χ3n) is 2.77. The Kier molecular flexibility index (Phi) is 4.98. The Balaban J connectivity index is 2.04. The summed E-state index contributed by atoms with van der Waals surface area (Å²) in [5, 5.41) is 2.96. The normalized spacial score (nSPS) is 11.7. The summed E-state index contributed by atoms with van der Waals surface area (Å²) in [4.78, 5) is 3.18. The van der Waals surface area contributed by atoms with Gasteiger partial charge >= 0.3 is 0 Å². The number of sulfonamides is 1. The van der Waals surface area contributed by atoms with Crippen molar-refractivity contribution in [3.63, 3.8) is 0 Å². The van der Waals surface area contributed by atoms with Gasteiger partial charge in [0, 0.05) is 29.5 Å².